The van der Waals surface area contributed by atoms with Gasteiger partial charge in [0.05, 0.1) is 5.69 Å². The van der Waals surface area contributed by atoms with Crippen molar-refractivity contribution in [1.29, 1.82) is 0 Å². The molecule has 0 spiro atoms. The normalized spacial score (nSPS) is 11.4. The van der Waals surface area contributed by atoms with Crippen LogP contribution in [0.1, 0.15) is 5.56 Å². The Hall–Kier alpha value is -2.74. The van der Waals surface area contributed by atoms with Gasteiger partial charge in [-0.05, 0) is 42.8 Å². The van der Waals surface area contributed by atoms with E-state index in [1.54, 1.807) is 12.1 Å². The summed E-state index contributed by atoms with van der Waals surface area (Å²) in [5.41, 5.74) is 0.878. The predicted molar refractivity (Wildman–Crippen MR) is 80.3 cm³/mol. The molecule has 0 aliphatic carbocycles. The van der Waals surface area contributed by atoms with Crippen LogP contribution in [0.2, 0.25) is 0 Å². The van der Waals surface area contributed by atoms with E-state index in [1.165, 1.54) is 42.5 Å². The third kappa shape index (κ3) is 3.21. The van der Waals surface area contributed by atoms with E-state index in [4.69, 9.17) is 4.18 Å². The third-order valence-corrected chi connectivity index (χ3v) is 4.52. The molecule has 3 rings (SSSR count). The minimum Gasteiger partial charge on any atom is -0.379 e. The lowest BCUT2D eigenvalue weighted by Gasteiger charge is -2.10. The third-order valence-electron chi connectivity index (χ3n) is 3.11. The molecule has 0 aliphatic rings. The highest BCUT2D eigenvalue weighted by molar-refractivity contribution is 7.87. The van der Waals surface area contributed by atoms with Gasteiger partial charge in [0.2, 0.25) is 0 Å². The summed E-state index contributed by atoms with van der Waals surface area (Å²) in [7, 11) is -4.06. The largest absolute Gasteiger partial charge is 0.379 e. The van der Waals surface area contributed by atoms with E-state index in [0.29, 0.717) is 5.69 Å². The van der Waals surface area contributed by atoms with Crippen LogP contribution in [-0.2, 0) is 10.1 Å². The highest BCUT2D eigenvalue weighted by Crippen LogP contribution is 2.23. The molecule has 23 heavy (non-hydrogen) atoms. The van der Waals surface area contributed by atoms with Crippen LogP contribution < -0.4 is 4.18 Å². The summed E-state index contributed by atoms with van der Waals surface area (Å²) < 4.78 is 44.4. The maximum absolute atomic E-state index is 13.1. The molecule has 8 heteroatoms. The van der Waals surface area contributed by atoms with Crippen molar-refractivity contribution >= 4 is 10.1 Å². The summed E-state index contributed by atoms with van der Waals surface area (Å²) in [4.78, 5) is 3.75. The smallest absolute Gasteiger partial charge is 0.339 e. The van der Waals surface area contributed by atoms with E-state index < -0.39 is 15.9 Å². The van der Waals surface area contributed by atoms with Crippen molar-refractivity contribution < 1.29 is 17.0 Å². The number of hydrogen-bond donors (Lipinski definition) is 0. The van der Waals surface area contributed by atoms with Crippen LogP contribution in [0.5, 0.6) is 5.75 Å². The summed E-state index contributed by atoms with van der Waals surface area (Å²) in [6.07, 6.45) is 2.85. The lowest BCUT2D eigenvalue weighted by molar-refractivity contribution is 0.485. The van der Waals surface area contributed by atoms with Gasteiger partial charge in [-0.25, -0.2) is 14.1 Å². The monoisotopic (exact) mass is 333 g/mol. The summed E-state index contributed by atoms with van der Waals surface area (Å²) in [6, 6.07) is 9.80. The van der Waals surface area contributed by atoms with E-state index in [-0.39, 0.29) is 16.2 Å². The molecule has 0 amide bonds. The Morgan fingerprint density at radius 2 is 2.00 bits per heavy atom. The molecular formula is C15H12FN3O3S. The first-order chi connectivity index (χ1) is 11.0. The molecule has 0 radical (unpaired) electrons. The maximum Gasteiger partial charge on any atom is 0.339 e. The fourth-order valence-electron chi connectivity index (χ4n) is 2.08. The minimum atomic E-state index is -4.06. The van der Waals surface area contributed by atoms with Gasteiger partial charge < -0.3 is 4.18 Å². The second kappa shape index (κ2) is 5.81. The fraction of sp³-hybridized carbons (Fsp3) is 0.0667. The Bertz CT molecular complexity index is 940. The van der Waals surface area contributed by atoms with Gasteiger partial charge in [-0.15, -0.1) is 0 Å². The van der Waals surface area contributed by atoms with Crippen LogP contribution in [0.25, 0.3) is 5.69 Å². The molecule has 118 valence electrons. The standard InChI is InChI=1S/C15H12FN3O3S/c1-11-7-12(16)5-6-15(11)23(20,21)22-14-4-2-3-13(8-14)19-10-17-9-18-19/h2-10H,1H3. The Balaban J connectivity index is 1.93. The van der Waals surface area contributed by atoms with Crippen molar-refractivity contribution in [1.82, 2.24) is 14.8 Å². The van der Waals surface area contributed by atoms with Gasteiger partial charge in [-0.2, -0.15) is 13.5 Å². The molecule has 3 aromatic rings. The van der Waals surface area contributed by atoms with E-state index in [0.717, 1.165) is 12.1 Å². The number of aryl methyl sites for hydroxylation is 1. The molecule has 0 saturated carbocycles. The molecule has 1 aromatic heterocycles. The zero-order valence-electron chi connectivity index (χ0n) is 12.0. The summed E-state index contributed by atoms with van der Waals surface area (Å²) in [5, 5.41) is 3.96. The quantitative estimate of drug-likeness (QED) is 0.686. The Kier molecular flexibility index (Phi) is 3.83. The van der Waals surface area contributed by atoms with Crippen LogP contribution in [0.3, 0.4) is 0 Å². The molecule has 6 nitrogen and oxygen atoms in total. The topological polar surface area (TPSA) is 74.1 Å². The van der Waals surface area contributed by atoms with E-state index in [2.05, 4.69) is 10.1 Å². The molecule has 0 bridgehead atoms. The predicted octanol–water partition coefficient (Wildman–Crippen LogP) is 2.48. The second-order valence-corrected chi connectivity index (χ2v) is 6.30. The van der Waals surface area contributed by atoms with Crippen LogP contribution >= 0.6 is 0 Å². The van der Waals surface area contributed by atoms with Gasteiger partial charge in [-0.1, -0.05) is 6.07 Å². The zero-order chi connectivity index (χ0) is 16.4. The molecule has 0 N–H and O–H groups in total. The van der Waals surface area contributed by atoms with E-state index in [1.807, 2.05) is 0 Å². The van der Waals surface area contributed by atoms with E-state index in [9.17, 15) is 12.8 Å². The van der Waals surface area contributed by atoms with E-state index >= 15 is 0 Å². The van der Waals surface area contributed by atoms with Gasteiger partial charge >= 0.3 is 10.1 Å². The number of hydrogen-bond acceptors (Lipinski definition) is 5. The Labute approximate surface area is 132 Å². The zero-order valence-corrected chi connectivity index (χ0v) is 12.9. The van der Waals surface area contributed by atoms with Crippen molar-refractivity contribution in [3.63, 3.8) is 0 Å². The van der Waals surface area contributed by atoms with Crippen molar-refractivity contribution in [3.8, 4) is 11.4 Å². The molecule has 0 atom stereocenters. The lowest BCUT2D eigenvalue weighted by Crippen LogP contribution is -2.11. The summed E-state index contributed by atoms with van der Waals surface area (Å²) in [6.45, 7) is 1.51. The molecule has 0 saturated heterocycles. The van der Waals surface area contributed by atoms with Gasteiger partial charge in [0.15, 0.2) is 0 Å². The summed E-state index contributed by atoms with van der Waals surface area (Å²) in [5.74, 6) is -0.378. The number of aromatic nitrogens is 3. The average Bonchev–Trinajstić information content (AvgIpc) is 3.00. The van der Waals surface area contributed by atoms with Crippen LogP contribution in [0.4, 0.5) is 4.39 Å². The van der Waals surface area contributed by atoms with Gasteiger partial charge in [0, 0.05) is 6.07 Å². The van der Waals surface area contributed by atoms with Crippen LogP contribution in [-0.4, -0.2) is 23.2 Å². The maximum atomic E-state index is 13.1. The van der Waals surface area contributed by atoms with Crippen molar-refractivity contribution in [2.75, 3.05) is 0 Å². The van der Waals surface area contributed by atoms with Gasteiger partial charge in [0.1, 0.15) is 29.1 Å². The summed E-state index contributed by atoms with van der Waals surface area (Å²) >= 11 is 0. The first-order valence-electron chi connectivity index (χ1n) is 6.61. The second-order valence-electron chi connectivity index (χ2n) is 4.78. The Morgan fingerprint density at radius 1 is 1.17 bits per heavy atom. The Morgan fingerprint density at radius 3 is 2.70 bits per heavy atom. The SMILES string of the molecule is Cc1cc(F)ccc1S(=O)(=O)Oc1cccc(-n2cncn2)c1. The minimum absolute atomic E-state index is 0.0786. The van der Waals surface area contributed by atoms with Gasteiger partial charge in [-0.3, -0.25) is 0 Å². The molecule has 2 aromatic carbocycles. The average molecular weight is 333 g/mol. The molecule has 1 heterocycles. The highest BCUT2D eigenvalue weighted by atomic mass is 32.2. The van der Waals surface area contributed by atoms with Gasteiger partial charge in [0.25, 0.3) is 0 Å². The van der Waals surface area contributed by atoms with Crippen molar-refractivity contribution in [2.45, 2.75) is 11.8 Å². The first kappa shape index (κ1) is 15.2. The van der Waals surface area contributed by atoms with Crippen LogP contribution in [0, 0.1) is 12.7 Å². The number of nitrogens with zero attached hydrogens (tertiary/aromatic N) is 3. The fourth-order valence-corrected chi connectivity index (χ4v) is 3.22. The van der Waals surface area contributed by atoms with Crippen molar-refractivity contribution in [2.24, 2.45) is 0 Å². The molecule has 0 fully saturated rings. The lowest BCUT2D eigenvalue weighted by atomic mass is 10.2. The molecule has 0 aliphatic heterocycles. The first-order valence-corrected chi connectivity index (χ1v) is 8.02. The molecular weight excluding hydrogens is 321 g/mol. The number of rotatable bonds is 4. The molecule has 0 unspecified atom stereocenters. The number of benzene rings is 2. The van der Waals surface area contributed by atoms with Crippen LogP contribution in [0.15, 0.2) is 60.0 Å². The van der Waals surface area contributed by atoms with Crippen molar-refractivity contribution in [3.05, 3.63) is 66.5 Å². The number of halogens is 1. The highest BCUT2D eigenvalue weighted by Gasteiger charge is 2.20.